The smallest absolute Gasteiger partial charge is 0.368 e. The van der Waals surface area contributed by atoms with Crippen LogP contribution in [0.1, 0.15) is 104 Å². The van der Waals surface area contributed by atoms with Crippen LogP contribution in [0.3, 0.4) is 0 Å². The van der Waals surface area contributed by atoms with Crippen LogP contribution in [0.5, 0.6) is 0 Å². The second-order valence-electron chi connectivity index (χ2n) is 30.9. The molecule has 5 aliphatic rings. The van der Waals surface area contributed by atoms with Gasteiger partial charge in [0.1, 0.15) is 90.4 Å². The number of H-pyrrole nitrogens is 5. The number of alkyl halides is 9. The molecule has 0 spiro atoms. The van der Waals surface area contributed by atoms with E-state index in [1.165, 1.54) is 35.1 Å². The Balaban J connectivity index is 0.000000150. The van der Waals surface area contributed by atoms with Gasteiger partial charge in [0.2, 0.25) is 11.8 Å². The predicted octanol–water partition coefficient (Wildman–Crippen LogP) is 10.1. The van der Waals surface area contributed by atoms with Crippen molar-refractivity contribution in [2.45, 2.75) is 128 Å². The molecule has 5 fully saturated rings. The number of hydrogen-bond acceptors (Lipinski definition) is 28. The zero-order chi connectivity index (χ0) is 88.4. The summed E-state index contributed by atoms with van der Waals surface area (Å²) >= 11 is 0. The molecular weight excluding hydrogens is 1620 g/mol. The molecule has 2 amide bonds. The van der Waals surface area contributed by atoms with Crippen LogP contribution in [0.15, 0.2) is 93.0 Å². The molecule has 660 valence electrons. The number of ether oxygens (including phenoxy) is 1. The fraction of sp³-hybridized carbons (Fsp3) is 0.532. The van der Waals surface area contributed by atoms with E-state index >= 15 is 0 Å². The van der Waals surface area contributed by atoms with Gasteiger partial charge in [0.15, 0.2) is 34.9 Å². The second kappa shape index (κ2) is 40.9. The van der Waals surface area contributed by atoms with Gasteiger partial charge in [-0.25, -0.2) is 74.9 Å². The van der Waals surface area contributed by atoms with Crippen LogP contribution in [0.4, 0.5) is 68.6 Å². The highest BCUT2D eigenvalue weighted by Crippen LogP contribution is 2.38. The van der Waals surface area contributed by atoms with Gasteiger partial charge >= 0.3 is 18.5 Å². The van der Waals surface area contributed by atoms with E-state index < -0.39 is 73.0 Å². The molecule has 5 saturated heterocycles. The maximum atomic E-state index is 12.5. The maximum absolute atomic E-state index is 12.5. The summed E-state index contributed by atoms with van der Waals surface area (Å²) < 4.78 is 117. The number of hydrazine groups is 5. The van der Waals surface area contributed by atoms with Crippen LogP contribution in [0.25, 0.3) is 55.2 Å². The van der Waals surface area contributed by atoms with Crippen molar-refractivity contribution >= 4 is 113 Å². The van der Waals surface area contributed by atoms with Gasteiger partial charge < -0.3 is 39.5 Å². The number of carbonyl (C=O) groups excluding carboxylic acids is 5. The zero-order valence-corrected chi connectivity index (χ0v) is 69.3. The summed E-state index contributed by atoms with van der Waals surface area (Å²) in [6, 6.07) is 13.6. The number of halogens is 9. The van der Waals surface area contributed by atoms with E-state index in [2.05, 4.69) is 85.8 Å². The number of amides is 2. The van der Waals surface area contributed by atoms with Crippen molar-refractivity contribution in [1.29, 1.82) is 10.5 Å². The van der Waals surface area contributed by atoms with Crippen LogP contribution in [-0.4, -0.2) is 297 Å². The summed E-state index contributed by atoms with van der Waals surface area (Å²) in [7, 11) is 9.43. The monoisotopic (exact) mass is 1720 g/mol. The third-order valence-electron chi connectivity index (χ3n) is 22.4. The second-order valence-corrected chi connectivity index (χ2v) is 30.9. The molecule has 0 saturated carbocycles. The highest BCUT2D eigenvalue weighted by molar-refractivity contribution is 5.91. The summed E-state index contributed by atoms with van der Waals surface area (Å²) in [5, 5.41) is 41.5. The van der Waals surface area contributed by atoms with Crippen molar-refractivity contribution in [3.8, 4) is 12.1 Å². The molecular formula is C79H100F9N29O6. The number of aromatic amines is 5. The first kappa shape index (κ1) is 91.9. The van der Waals surface area contributed by atoms with Gasteiger partial charge in [0.25, 0.3) is 0 Å². The Hall–Kier alpha value is -11.8. The third kappa shape index (κ3) is 23.9. The van der Waals surface area contributed by atoms with Gasteiger partial charge in [-0.2, -0.15) is 50.0 Å². The quantitative estimate of drug-likeness (QED) is 0.0417. The molecule has 0 aliphatic carbocycles. The average molecular weight is 1720 g/mol. The molecule has 123 heavy (non-hydrogen) atoms. The number of Topliss-reactive ketones (excluding diaryl/α,β-unsaturated/α-hetero) is 3. The minimum Gasteiger partial charge on any atom is -0.368 e. The number of piperidine rings is 2. The van der Waals surface area contributed by atoms with E-state index in [1.54, 1.807) is 31.8 Å². The number of anilines is 5. The first-order chi connectivity index (χ1) is 58.6. The van der Waals surface area contributed by atoms with Crippen molar-refractivity contribution in [3.05, 3.63) is 93.0 Å². The van der Waals surface area contributed by atoms with E-state index in [1.807, 2.05) is 136 Å². The number of nitrogens with zero attached hydrogens (tertiary/aromatic N) is 24. The number of hydrogen-bond donors (Lipinski definition) is 5. The van der Waals surface area contributed by atoms with Crippen molar-refractivity contribution in [2.24, 2.45) is 10.8 Å². The Kier molecular flexibility index (Phi) is 30.6. The third-order valence-corrected chi connectivity index (χ3v) is 22.4. The maximum Gasteiger partial charge on any atom is 0.397 e. The Morgan fingerprint density at radius 3 is 1.09 bits per heavy atom. The van der Waals surface area contributed by atoms with Gasteiger partial charge in [-0.15, -0.1) is 0 Å². The topological polar surface area (TPSA) is 389 Å². The van der Waals surface area contributed by atoms with E-state index in [9.17, 15) is 63.5 Å². The van der Waals surface area contributed by atoms with Crippen LogP contribution in [-0.2, 0) is 28.7 Å². The van der Waals surface area contributed by atoms with Crippen LogP contribution < -0.4 is 25.0 Å². The molecule has 5 aliphatic heterocycles. The summed E-state index contributed by atoms with van der Waals surface area (Å²) in [4.78, 5) is 121. The van der Waals surface area contributed by atoms with Gasteiger partial charge in [0.05, 0.1) is 58.6 Å². The van der Waals surface area contributed by atoms with Crippen LogP contribution in [0.2, 0.25) is 0 Å². The number of nitriles is 2. The predicted molar refractivity (Wildman–Crippen MR) is 437 cm³/mol. The fourth-order valence-electron chi connectivity index (χ4n) is 15.6. The highest BCUT2D eigenvalue weighted by Gasteiger charge is 2.43. The van der Waals surface area contributed by atoms with Crippen molar-refractivity contribution in [2.75, 3.05) is 159 Å². The van der Waals surface area contributed by atoms with Crippen LogP contribution in [0, 0.1) is 33.5 Å². The van der Waals surface area contributed by atoms with E-state index in [0.29, 0.717) is 145 Å². The largest absolute Gasteiger partial charge is 0.397 e. The summed E-state index contributed by atoms with van der Waals surface area (Å²) in [6.45, 7) is 11.3. The minimum absolute atomic E-state index is 0.0286. The van der Waals surface area contributed by atoms with Gasteiger partial charge in [-0.1, -0.05) is 13.8 Å². The number of rotatable bonds is 21. The molecule has 0 aromatic carbocycles. The Morgan fingerprint density at radius 1 is 0.423 bits per heavy atom. The standard InChI is InChI=1S/C17H22F3N5O.C17H22N6O.2C15H19F3N6O.C15H18N6O2/c1-16(13(26)4-7-17(18,19)20)6-3-9-25(10-16)24(2)15-12-5-8-21-14(12)22-11-23-15;1-17(14(24)5-3-8-18)7-4-10-23(11-17)22(2)16-13-6-9-19-15(13)20-12-21-16;2*1-22(14-11-3-4-19-13(11)20-10-21-14)24-6-2-5-23(7-8-24)12(25)9-15(16,17)18;1-20(15-11-4-6-17-14(11)18-10-19-15)21-7-8-23-13(9-21)12(22)3-2-5-16/h5,8,11H,3-4,6-7,9-10H2,1-2H3,(H,21,22,23);6,9,12H,3-5,7,10-11H2,1-2H3,(H,19,20,21);2*3-4,10H,2,5-9H2,1H3,(H,19,20,21);4,6,10,13H,2-3,7-9H2,1H3,(H,17,18,19). The highest BCUT2D eigenvalue weighted by atomic mass is 19.4. The Morgan fingerprint density at radius 2 is 0.748 bits per heavy atom. The molecule has 15 rings (SSSR count). The normalized spacial score (nSPS) is 19.2. The number of morpholine rings is 1. The molecule has 10 aromatic rings. The number of aromatic nitrogens is 15. The molecule has 3 unspecified atom stereocenters. The minimum atomic E-state index is -4.47. The number of carbonyl (C=O) groups is 5. The van der Waals surface area contributed by atoms with Crippen molar-refractivity contribution < 1.29 is 68.2 Å². The van der Waals surface area contributed by atoms with Gasteiger partial charge in [-0.05, 0) is 68.9 Å². The zero-order valence-electron chi connectivity index (χ0n) is 69.3. The lowest BCUT2D eigenvalue weighted by molar-refractivity contribution is -0.163. The van der Waals surface area contributed by atoms with Crippen LogP contribution >= 0.6 is 0 Å². The fourth-order valence-corrected chi connectivity index (χ4v) is 15.6. The number of ketones is 3. The molecule has 35 nitrogen and oxygen atoms in total. The van der Waals surface area contributed by atoms with Crippen molar-refractivity contribution in [3.63, 3.8) is 0 Å². The van der Waals surface area contributed by atoms with Gasteiger partial charge in [0, 0.05) is 194 Å². The summed E-state index contributed by atoms with van der Waals surface area (Å²) in [6.07, 6.45) is 3.77. The lowest BCUT2D eigenvalue weighted by Crippen LogP contribution is -2.53. The lowest BCUT2D eigenvalue weighted by atomic mass is 9.77. The van der Waals surface area contributed by atoms with E-state index in [4.69, 9.17) is 15.3 Å². The Bertz CT molecular complexity index is 5170. The number of fused-ring (bicyclic) bond motifs is 5. The van der Waals surface area contributed by atoms with Gasteiger partial charge in [-0.3, -0.25) is 49.0 Å². The summed E-state index contributed by atoms with van der Waals surface area (Å²) in [5.41, 5.74) is 2.52. The molecule has 3 atom stereocenters. The Labute approximate surface area is 701 Å². The first-order valence-corrected chi connectivity index (χ1v) is 40.2. The first-order valence-electron chi connectivity index (χ1n) is 40.2. The molecule has 0 radical (unpaired) electrons. The van der Waals surface area contributed by atoms with E-state index in [-0.39, 0.29) is 43.3 Å². The molecule has 0 bridgehead atoms. The molecule has 44 heteroatoms. The number of nitrogens with one attached hydrogen (secondary N) is 5. The van der Waals surface area contributed by atoms with E-state index in [0.717, 1.165) is 75.7 Å². The lowest BCUT2D eigenvalue weighted by Gasteiger charge is -2.43. The molecule has 5 N–H and O–H groups in total. The van der Waals surface area contributed by atoms with Crippen molar-refractivity contribution in [1.82, 2.24) is 110 Å². The molecule has 15 heterocycles. The average Bonchev–Trinajstić information content (AvgIpc) is 1.80. The molecule has 10 aromatic heterocycles. The SMILES string of the molecule is CN(c1ncnc2[nH]ccc12)N1CCCC(C)(C(=O)CCC#N)C1.CN(c1ncnc2[nH]ccc12)N1CCCC(C)(C(=O)CCC(F)(F)F)C1.CN(c1ncnc2[nH]ccc12)N1CCCN(C(=O)CC(F)(F)F)CC1.CN(c1ncnc2[nH]ccc12)N1CCCN(C(=O)CC(F)(F)F)CC1.CN(c1ncnc2[nH]ccc12)N1CCOC(C(=O)CCC#N)C1. The summed E-state index contributed by atoms with van der Waals surface area (Å²) in [5.74, 6) is 1.81.